The molecule has 2 N–H and O–H groups in total. The lowest BCUT2D eigenvalue weighted by Crippen LogP contribution is -2.40. The zero-order valence-corrected chi connectivity index (χ0v) is 14.0. The summed E-state index contributed by atoms with van der Waals surface area (Å²) in [7, 11) is 0. The molecule has 2 aromatic rings. The van der Waals surface area contributed by atoms with Crippen LogP contribution in [0.5, 0.6) is 0 Å². The zero-order chi connectivity index (χ0) is 16.4. The van der Waals surface area contributed by atoms with E-state index in [-0.39, 0.29) is 6.61 Å². The van der Waals surface area contributed by atoms with E-state index in [0.29, 0.717) is 24.4 Å². The number of aromatic nitrogens is 3. The Balaban J connectivity index is 1.98. The number of aliphatic hydroxyl groups excluding tert-OH is 1. The fourth-order valence-corrected chi connectivity index (χ4v) is 3.95. The SMILES string of the molecule is C=C(C)C1CC(CC)C(N(CCO)c2ncnc3[nH]ccc23)C1. The molecule has 3 atom stereocenters. The molecular weight excluding hydrogens is 288 g/mol. The first-order chi connectivity index (χ1) is 11.2. The van der Waals surface area contributed by atoms with Crippen LogP contribution in [0.1, 0.15) is 33.1 Å². The Morgan fingerprint density at radius 2 is 2.26 bits per heavy atom. The van der Waals surface area contributed by atoms with E-state index in [1.807, 2.05) is 12.3 Å². The Hall–Kier alpha value is -1.88. The highest BCUT2D eigenvalue weighted by Crippen LogP contribution is 2.41. The summed E-state index contributed by atoms with van der Waals surface area (Å²) in [5, 5.41) is 10.6. The summed E-state index contributed by atoms with van der Waals surface area (Å²) in [6.07, 6.45) is 6.90. The summed E-state index contributed by atoms with van der Waals surface area (Å²) in [4.78, 5) is 14.3. The predicted octanol–water partition coefficient (Wildman–Crippen LogP) is 3.14. The fourth-order valence-electron chi connectivity index (χ4n) is 3.95. The third kappa shape index (κ3) is 2.98. The van der Waals surface area contributed by atoms with E-state index in [1.165, 1.54) is 12.0 Å². The molecule has 1 fully saturated rings. The maximum Gasteiger partial charge on any atom is 0.142 e. The highest BCUT2D eigenvalue weighted by Gasteiger charge is 2.37. The van der Waals surface area contributed by atoms with Crippen LogP contribution in [0.25, 0.3) is 11.0 Å². The third-order valence-electron chi connectivity index (χ3n) is 5.22. The van der Waals surface area contributed by atoms with Gasteiger partial charge in [0, 0.05) is 18.8 Å². The van der Waals surface area contributed by atoms with Crippen LogP contribution in [0.15, 0.2) is 30.7 Å². The molecule has 1 saturated carbocycles. The highest BCUT2D eigenvalue weighted by molar-refractivity contribution is 5.87. The minimum Gasteiger partial charge on any atom is -0.395 e. The molecule has 3 rings (SSSR count). The van der Waals surface area contributed by atoms with Gasteiger partial charge in [0.05, 0.1) is 12.0 Å². The summed E-state index contributed by atoms with van der Waals surface area (Å²) >= 11 is 0. The summed E-state index contributed by atoms with van der Waals surface area (Å²) in [5.74, 6) is 2.10. The Labute approximate surface area is 137 Å². The number of hydrogen-bond donors (Lipinski definition) is 2. The summed E-state index contributed by atoms with van der Waals surface area (Å²) in [6, 6.07) is 2.41. The molecule has 124 valence electrons. The first kappa shape index (κ1) is 16.0. The van der Waals surface area contributed by atoms with Crippen LogP contribution in [0, 0.1) is 11.8 Å². The van der Waals surface area contributed by atoms with Crippen molar-refractivity contribution >= 4 is 16.9 Å². The van der Waals surface area contributed by atoms with Gasteiger partial charge >= 0.3 is 0 Å². The van der Waals surface area contributed by atoms with E-state index in [1.54, 1.807) is 6.33 Å². The fraction of sp³-hybridized carbons (Fsp3) is 0.556. The maximum atomic E-state index is 9.60. The van der Waals surface area contributed by atoms with Crippen LogP contribution in [-0.4, -0.2) is 39.3 Å². The number of fused-ring (bicyclic) bond motifs is 1. The van der Waals surface area contributed by atoms with E-state index in [4.69, 9.17) is 0 Å². The number of aromatic amines is 1. The molecule has 0 aromatic carbocycles. The van der Waals surface area contributed by atoms with Crippen molar-refractivity contribution in [1.29, 1.82) is 0 Å². The number of nitrogens with zero attached hydrogens (tertiary/aromatic N) is 3. The van der Waals surface area contributed by atoms with E-state index in [2.05, 4.69) is 40.3 Å². The number of aliphatic hydroxyl groups is 1. The molecule has 1 aliphatic rings. The molecule has 0 aliphatic heterocycles. The first-order valence-corrected chi connectivity index (χ1v) is 8.46. The number of nitrogens with one attached hydrogen (secondary N) is 1. The predicted molar refractivity (Wildman–Crippen MR) is 93.4 cm³/mol. The minimum absolute atomic E-state index is 0.126. The van der Waals surface area contributed by atoms with Crippen LogP contribution >= 0.6 is 0 Å². The highest BCUT2D eigenvalue weighted by atomic mass is 16.3. The molecule has 3 unspecified atom stereocenters. The molecule has 0 bridgehead atoms. The number of H-pyrrole nitrogens is 1. The van der Waals surface area contributed by atoms with Crippen LogP contribution in [0.4, 0.5) is 5.82 Å². The summed E-state index contributed by atoms with van der Waals surface area (Å²) in [6.45, 7) is 9.27. The number of rotatable bonds is 6. The lowest BCUT2D eigenvalue weighted by molar-refractivity contribution is 0.290. The molecule has 0 spiro atoms. The van der Waals surface area contributed by atoms with Crippen LogP contribution in [0.2, 0.25) is 0 Å². The maximum absolute atomic E-state index is 9.60. The molecule has 2 aromatic heterocycles. The smallest absolute Gasteiger partial charge is 0.142 e. The van der Waals surface area contributed by atoms with Gasteiger partial charge in [0.1, 0.15) is 17.8 Å². The number of anilines is 1. The van der Waals surface area contributed by atoms with Crippen LogP contribution in [-0.2, 0) is 0 Å². The van der Waals surface area contributed by atoms with E-state index >= 15 is 0 Å². The largest absolute Gasteiger partial charge is 0.395 e. The van der Waals surface area contributed by atoms with Gasteiger partial charge in [-0.25, -0.2) is 9.97 Å². The van der Waals surface area contributed by atoms with Gasteiger partial charge in [0.25, 0.3) is 0 Å². The molecule has 5 nitrogen and oxygen atoms in total. The molecule has 0 radical (unpaired) electrons. The van der Waals surface area contributed by atoms with Crippen molar-refractivity contribution in [2.45, 2.75) is 39.2 Å². The second kappa shape index (κ2) is 6.71. The quantitative estimate of drug-likeness (QED) is 0.804. The standard InChI is InChI=1S/C18H26N4O/c1-4-13-9-14(12(2)3)10-16(13)22(7-8-23)18-15-5-6-19-17(15)20-11-21-18/h5-6,11,13-14,16,23H,2,4,7-10H2,1,3H3,(H,19,20,21). The van der Waals surface area contributed by atoms with E-state index in [9.17, 15) is 5.11 Å². The third-order valence-corrected chi connectivity index (χ3v) is 5.22. The average Bonchev–Trinajstić information content (AvgIpc) is 3.18. The second-order valence-corrected chi connectivity index (χ2v) is 6.60. The Bertz CT molecular complexity index is 680. The monoisotopic (exact) mass is 314 g/mol. The van der Waals surface area contributed by atoms with Crippen molar-refractivity contribution in [3.8, 4) is 0 Å². The van der Waals surface area contributed by atoms with Gasteiger partial charge in [0.15, 0.2) is 0 Å². The van der Waals surface area contributed by atoms with Crippen molar-refractivity contribution in [3.63, 3.8) is 0 Å². The van der Waals surface area contributed by atoms with Crippen molar-refractivity contribution in [2.24, 2.45) is 11.8 Å². The van der Waals surface area contributed by atoms with Gasteiger partial charge in [-0.05, 0) is 37.7 Å². The second-order valence-electron chi connectivity index (χ2n) is 6.60. The van der Waals surface area contributed by atoms with Crippen molar-refractivity contribution in [1.82, 2.24) is 15.0 Å². The van der Waals surface area contributed by atoms with Crippen molar-refractivity contribution in [3.05, 3.63) is 30.7 Å². The van der Waals surface area contributed by atoms with Crippen LogP contribution < -0.4 is 4.90 Å². The molecule has 5 heteroatoms. The Kier molecular flexibility index (Phi) is 4.66. The first-order valence-electron chi connectivity index (χ1n) is 8.46. The molecule has 0 saturated heterocycles. The topological polar surface area (TPSA) is 65.0 Å². The van der Waals surface area contributed by atoms with E-state index < -0.39 is 0 Å². The average molecular weight is 314 g/mol. The molecule has 2 heterocycles. The van der Waals surface area contributed by atoms with Gasteiger partial charge in [-0.15, -0.1) is 0 Å². The Morgan fingerprint density at radius 3 is 2.96 bits per heavy atom. The van der Waals surface area contributed by atoms with Crippen molar-refractivity contribution in [2.75, 3.05) is 18.1 Å². The molecular formula is C18H26N4O. The van der Waals surface area contributed by atoms with Gasteiger partial charge < -0.3 is 15.0 Å². The van der Waals surface area contributed by atoms with Gasteiger partial charge in [-0.1, -0.05) is 25.5 Å². The Morgan fingerprint density at radius 1 is 1.43 bits per heavy atom. The molecule has 1 aliphatic carbocycles. The summed E-state index contributed by atoms with van der Waals surface area (Å²) in [5.41, 5.74) is 2.12. The molecule has 0 amide bonds. The minimum atomic E-state index is 0.126. The van der Waals surface area contributed by atoms with Gasteiger partial charge in [-0.3, -0.25) is 0 Å². The lowest BCUT2D eigenvalue weighted by atomic mass is 9.97. The van der Waals surface area contributed by atoms with Gasteiger partial charge in [-0.2, -0.15) is 0 Å². The lowest BCUT2D eigenvalue weighted by Gasteiger charge is -2.33. The zero-order valence-electron chi connectivity index (χ0n) is 14.0. The van der Waals surface area contributed by atoms with Crippen LogP contribution in [0.3, 0.4) is 0 Å². The summed E-state index contributed by atoms with van der Waals surface area (Å²) < 4.78 is 0. The van der Waals surface area contributed by atoms with E-state index in [0.717, 1.165) is 29.7 Å². The molecule has 23 heavy (non-hydrogen) atoms. The number of hydrogen-bond acceptors (Lipinski definition) is 4. The van der Waals surface area contributed by atoms with Crippen molar-refractivity contribution < 1.29 is 5.11 Å². The normalized spacial score (nSPS) is 24.2. The van der Waals surface area contributed by atoms with Gasteiger partial charge in [0.2, 0.25) is 0 Å². The number of allylic oxidation sites excluding steroid dienone is 1.